The molecule has 8 heteroatoms. The standard InChI is InChI=1S/C24H27ClN4O3/c1-27-12-14-28(15-13-27)23(31)18-4-2-17(3-5-18)16-26-22(30)21-10-11-29(24(21)32)20-8-6-19(25)7-9-20/h2-9,21H,10-16H2,1H3,(H,26,30). The summed E-state index contributed by atoms with van der Waals surface area (Å²) in [4.78, 5) is 43.7. The fraction of sp³-hybridized carbons (Fsp3) is 0.375. The van der Waals surface area contributed by atoms with Crippen molar-refractivity contribution in [1.29, 1.82) is 0 Å². The summed E-state index contributed by atoms with van der Waals surface area (Å²) in [5, 5.41) is 3.46. The van der Waals surface area contributed by atoms with Crippen LogP contribution in [0.5, 0.6) is 0 Å². The molecule has 0 spiro atoms. The van der Waals surface area contributed by atoms with Gasteiger partial charge in [-0.25, -0.2) is 0 Å². The Balaban J connectivity index is 1.30. The van der Waals surface area contributed by atoms with Crippen LogP contribution in [0.3, 0.4) is 0 Å². The lowest BCUT2D eigenvalue weighted by molar-refractivity contribution is -0.132. The maximum absolute atomic E-state index is 12.7. The van der Waals surface area contributed by atoms with Crippen molar-refractivity contribution in [2.75, 3.05) is 44.7 Å². The zero-order valence-corrected chi connectivity index (χ0v) is 18.8. The van der Waals surface area contributed by atoms with Crippen LogP contribution in [-0.4, -0.2) is 67.3 Å². The van der Waals surface area contributed by atoms with Crippen molar-refractivity contribution >= 4 is 35.0 Å². The lowest BCUT2D eigenvalue weighted by Crippen LogP contribution is -2.47. The SMILES string of the molecule is CN1CCN(C(=O)c2ccc(CNC(=O)C3CCN(c4ccc(Cl)cc4)C3=O)cc2)CC1. The van der Waals surface area contributed by atoms with Crippen molar-refractivity contribution < 1.29 is 14.4 Å². The molecule has 7 nitrogen and oxygen atoms in total. The molecule has 0 radical (unpaired) electrons. The van der Waals surface area contributed by atoms with Crippen molar-refractivity contribution in [3.8, 4) is 0 Å². The van der Waals surface area contributed by atoms with Gasteiger partial charge in [0.15, 0.2) is 0 Å². The number of hydrogen-bond donors (Lipinski definition) is 1. The van der Waals surface area contributed by atoms with E-state index in [1.807, 2.05) is 17.0 Å². The highest BCUT2D eigenvalue weighted by Gasteiger charge is 2.37. The molecule has 2 aliphatic rings. The van der Waals surface area contributed by atoms with Gasteiger partial charge in [-0.3, -0.25) is 14.4 Å². The minimum absolute atomic E-state index is 0.0347. The topological polar surface area (TPSA) is 73.0 Å². The van der Waals surface area contributed by atoms with Gasteiger partial charge in [-0.1, -0.05) is 23.7 Å². The maximum atomic E-state index is 12.7. The zero-order chi connectivity index (χ0) is 22.7. The number of anilines is 1. The number of nitrogens with one attached hydrogen (secondary N) is 1. The van der Waals surface area contributed by atoms with Crippen LogP contribution >= 0.6 is 11.6 Å². The van der Waals surface area contributed by atoms with Crippen LogP contribution in [0.25, 0.3) is 0 Å². The Hall–Kier alpha value is -2.90. The summed E-state index contributed by atoms with van der Waals surface area (Å²) in [7, 11) is 2.05. The Kier molecular flexibility index (Phi) is 6.77. The van der Waals surface area contributed by atoms with E-state index >= 15 is 0 Å². The van der Waals surface area contributed by atoms with Gasteiger partial charge in [0.25, 0.3) is 5.91 Å². The molecule has 168 valence electrons. The van der Waals surface area contributed by atoms with Gasteiger partial charge < -0.3 is 20.0 Å². The number of halogens is 1. The molecule has 2 fully saturated rings. The fourth-order valence-electron chi connectivity index (χ4n) is 4.07. The number of carbonyl (C=O) groups is 3. The van der Waals surface area contributed by atoms with Gasteiger partial charge in [0.1, 0.15) is 5.92 Å². The highest BCUT2D eigenvalue weighted by Crippen LogP contribution is 2.26. The number of nitrogens with zero attached hydrogens (tertiary/aromatic N) is 3. The molecule has 32 heavy (non-hydrogen) atoms. The van der Waals surface area contributed by atoms with Crippen molar-refractivity contribution in [3.63, 3.8) is 0 Å². The number of amides is 3. The molecule has 2 aromatic rings. The van der Waals surface area contributed by atoms with E-state index in [0.717, 1.165) is 37.4 Å². The lowest BCUT2D eigenvalue weighted by atomic mass is 10.1. The van der Waals surface area contributed by atoms with E-state index in [-0.39, 0.29) is 17.7 Å². The third-order valence-electron chi connectivity index (χ3n) is 6.12. The van der Waals surface area contributed by atoms with E-state index in [2.05, 4.69) is 17.3 Å². The highest BCUT2D eigenvalue weighted by molar-refractivity contribution is 6.30. The Labute approximate surface area is 192 Å². The third kappa shape index (κ3) is 4.95. The highest BCUT2D eigenvalue weighted by atomic mass is 35.5. The Morgan fingerprint density at radius 2 is 1.62 bits per heavy atom. The number of piperazine rings is 1. The quantitative estimate of drug-likeness (QED) is 0.704. The van der Waals surface area contributed by atoms with Crippen LogP contribution in [0.1, 0.15) is 22.3 Å². The normalized spacial score (nSPS) is 19.3. The summed E-state index contributed by atoms with van der Waals surface area (Å²) in [5.74, 6) is -1.13. The first-order chi connectivity index (χ1) is 15.4. The first-order valence-corrected chi connectivity index (χ1v) is 11.2. The molecule has 2 heterocycles. The molecule has 2 saturated heterocycles. The van der Waals surface area contributed by atoms with Gasteiger partial charge in [0.2, 0.25) is 11.8 Å². The zero-order valence-electron chi connectivity index (χ0n) is 18.1. The summed E-state index contributed by atoms with van der Waals surface area (Å²) in [5.41, 5.74) is 2.28. The number of rotatable bonds is 5. The summed E-state index contributed by atoms with van der Waals surface area (Å²) < 4.78 is 0. The largest absolute Gasteiger partial charge is 0.351 e. The van der Waals surface area contributed by atoms with Crippen molar-refractivity contribution in [3.05, 3.63) is 64.7 Å². The van der Waals surface area contributed by atoms with Crippen LogP contribution in [0.2, 0.25) is 5.02 Å². The van der Waals surface area contributed by atoms with E-state index in [9.17, 15) is 14.4 Å². The van der Waals surface area contributed by atoms with Crippen molar-refractivity contribution in [2.24, 2.45) is 5.92 Å². The van der Waals surface area contributed by atoms with Crippen LogP contribution in [-0.2, 0) is 16.1 Å². The fourth-order valence-corrected chi connectivity index (χ4v) is 4.20. The van der Waals surface area contributed by atoms with E-state index in [1.165, 1.54) is 0 Å². The predicted molar refractivity (Wildman–Crippen MR) is 124 cm³/mol. The Bertz CT molecular complexity index is 985. The molecule has 3 amide bonds. The van der Waals surface area contributed by atoms with Gasteiger partial charge >= 0.3 is 0 Å². The minimum atomic E-state index is -0.691. The summed E-state index contributed by atoms with van der Waals surface area (Å²) in [6, 6.07) is 14.3. The number of likely N-dealkylation sites (N-methyl/N-ethyl adjacent to an activating group) is 1. The molecule has 4 rings (SSSR count). The average molecular weight is 455 g/mol. The lowest BCUT2D eigenvalue weighted by Gasteiger charge is -2.32. The average Bonchev–Trinajstić information content (AvgIpc) is 3.20. The van der Waals surface area contributed by atoms with Crippen LogP contribution in [0.4, 0.5) is 5.69 Å². The molecule has 2 aliphatic heterocycles. The molecule has 1 atom stereocenters. The molecule has 1 N–H and O–H groups in total. The van der Waals surface area contributed by atoms with Gasteiger partial charge in [-0.15, -0.1) is 0 Å². The summed E-state index contributed by atoms with van der Waals surface area (Å²) in [6.45, 7) is 4.04. The Morgan fingerprint density at radius 3 is 2.28 bits per heavy atom. The van der Waals surface area contributed by atoms with E-state index < -0.39 is 5.92 Å². The number of hydrogen-bond acceptors (Lipinski definition) is 4. The Morgan fingerprint density at radius 1 is 0.969 bits per heavy atom. The first kappa shape index (κ1) is 22.3. The van der Waals surface area contributed by atoms with Crippen molar-refractivity contribution in [2.45, 2.75) is 13.0 Å². The second kappa shape index (κ2) is 9.71. The molecule has 1 unspecified atom stereocenters. The molecular formula is C24H27ClN4O3. The monoisotopic (exact) mass is 454 g/mol. The second-order valence-corrected chi connectivity index (χ2v) is 8.75. The predicted octanol–water partition coefficient (Wildman–Crippen LogP) is 2.40. The first-order valence-electron chi connectivity index (χ1n) is 10.8. The third-order valence-corrected chi connectivity index (χ3v) is 6.37. The molecular weight excluding hydrogens is 428 g/mol. The van der Waals surface area contributed by atoms with Crippen molar-refractivity contribution in [1.82, 2.24) is 15.1 Å². The molecule has 0 aromatic heterocycles. The van der Waals surface area contributed by atoms with Gasteiger partial charge in [0, 0.05) is 55.5 Å². The molecule has 0 saturated carbocycles. The second-order valence-electron chi connectivity index (χ2n) is 8.32. The van der Waals surface area contributed by atoms with E-state index in [1.54, 1.807) is 41.3 Å². The van der Waals surface area contributed by atoms with Gasteiger partial charge in [-0.2, -0.15) is 0 Å². The summed E-state index contributed by atoms with van der Waals surface area (Å²) >= 11 is 5.91. The van der Waals surface area contributed by atoms with Gasteiger partial charge in [0.05, 0.1) is 0 Å². The summed E-state index contributed by atoms with van der Waals surface area (Å²) in [6.07, 6.45) is 0.478. The van der Waals surface area contributed by atoms with Gasteiger partial charge in [-0.05, 0) is 55.4 Å². The smallest absolute Gasteiger partial charge is 0.253 e. The van der Waals surface area contributed by atoms with E-state index in [4.69, 9.17) is 11.6 Å². The molecule has 2 aromatic carbocycles. The number of benzene rings is 2. The van der Waals surface area contributed by atoms with Crippen LogP contribution in [0, 0.1) is 5.92 Å². The van der Waals surface area contributed by atoms with Crippen LogP contribution < -0.4 is 10.2 Å². The molecule has 0 aliphatic carbocycles. The number of carbonyl (C=O) groups excluding carboxylic acids is 3. The van der Waals surface area contributed by atoms with E-state index in [0.29, 0.717) is 30.1 Å². The van der Waals surface area contributed by atoms with Crippen LogP contribution in [0.15, 0.2) is 48.5 Å². The molecule has 0 bridgehead atoms. The minimum Gasteiger partial charge on any atom is -0.351 e. The maximum Gasteiger partial charge on any atom is 0.253 e.